The number of rotatable bonds is 7. The number of hydrogen-bond acceptors (Lipinski definition) is 8. The van der Waals surface area contributed by atoms with Crippen molar-refractivity contribution in [3.63, 3.8) is 0 Å². The highest BCUT2D eigenvalue weighted by molar-refractivity contribution is 5.69. The Kier molecular flexibility index (Phi) is 4.82. The fraction of sp³-hybridized carbons (Fsp3) is 0.375. The van der Waals surface area contributed by atoms with Gasteiger partial charge in [0, 0.05) is 12.6 Å². The summed E-state index contributed by atoms with van der Waals surface area (Å²) in [5.74, 6) is 1.73. The van der Waals surface area contributed by atoms with Crippen molar-refractivity contribution in [3.05, 3.63) is 40.2 Å². The lowest BCUT2D eigenvalue weighted by atomic mass is 10.2. The summed E-state index contributed by atoms with van der Waals surface area (Å²) in [7, 11) is 0. The van der Waals surface area contributed by atoms with Crippen LogP contribution < -0.4 is 20.1 Å². The van der Waals surface area contributed by atoms with E-state index >= 15 is 0 Å². The van der Waals surface area contributed by atoms with Crippen LogP contribution in [0, 0.1) is 10.1 Å². The van der Waals surface area contributed by atoms with Crippen molar-refractivity contribution >= 4 is 17.3 Å². The highest BCUT2D eigenvalue weighted by Gasteiger charge is 2.23. The first-order valence-corrected chi connectivity index (χ1v) is 7.96. The Morgan fingerprint density at radius 2 is 2.04 bits per heavy atom. The van der Waals surface area contributed by atoms with Crippen molar-refractivity contribution in [3.8, 4) is 11.5 Å². The van der Waals surface area contributed by atoms with Crippen LogP contribution in [0.3, 0.4) is 0 Å². The minimum absolute atomic E-state index is 0.0651. The minimum Gasteiger partial charge on any atom is -0.454 e. The Labute approximate surface area is 144 Å². The lowest BCUT2D eigenvalue weighted by Crippen LogP contribution is -2.17. The molecule has 3 rings (SSSR count). The van der Waals surface area contributed by atoms with Crippen molar-refractivity contribution in [2.24, 2.45) is 0 Å². The molecule has 0 amide bonds. The van der Waals surface area contributed by atoms with Crippen LogP contribution in [-0.2, 0) is 6.54 Å². The normalized spacial score (nSPS) is 13.4. The SMILES string of the molecule is CCC(C)Nc1ncnc(NCc2ccc3c(c2)OCO3)c1[N+](=O)[O-]. The molecule has 1 aliphatic rings. The molecule has 1 aliphatic heterocycles. The Morgan fingerprint density at radius 3 is 2.80 bits per heavy atom. The molecule has 1 aromatic carbocycles. The molecule has 1 atom stereocenters. The van der Waals surface area contributed by atoms with Crippen LogP contribution in [0.1, 0.15) is 25.8 Å². The van der Waals surface area contributed by atoms with Gasteiger partial charge in [-0.3, -0.25) is 10.1 Å². The number of fused-ring (bicyclic) bond motifs is 1. The fourth-order valence-electron chi connectivity index (χ4n) is 2.36. The fourth-order valence-corrected chi connectivity index (χ4v) is 2.36. The number of nitrogens with zero attached hydrogens (tertiary/aromatic N) is 3. The topological polar surface area (TPSA) is 111 Å². The van der Waals surface area contributed by atoms with E-state index in [9.17, 15) is 10.1 Å². The number of nitrogens with one attached hydrogen (secondary N) is 2. The summed E-state index contributed by atoms with van der Waals surface area (Å²) in [6.07, 6.45) is 2.13. The standard InChI is InChI=1S/C16H19N5O4/c1-3-10(2)20-16-14(21(22)23)15(18-8-19-16)17-7-11-4-5-12-13(6-11)25-9-24-12/h4-6,8,10H,3,7,9H2,1-2H3,(H2,17,18,19,20). The molecule has 0 saturated carbocycles. The molecule has 0 radical (unpaired) electrons. The van der Waals surface area contributed by atoms with E-state index in [4.69, 9.17) is 9.47 Å². The second kappa shape index (κ2) is 7.20. The zero-order chi connectivity index (χ0) is 17.8. The third-order valence-corrected chi connectivity index (χ3v) is 3.90. The highest BCUT2D eigenvalue weighted by Crippen LogP contribution is 2.33. The number of aromatic nitrogens is 2. The van der Waals surface area contributed by atoms with E-state index in [1.54, 1.807) is 0 Å². The number of ether oxygens (including phenoxy) is 2. The smallest absolute Gasteiger partial charge is 0.353 e. The number of benzene rings is 1. The molecule has 9 nitrogen and oxygen atoms in total. The van der Waals surface area contributed by atoms with Gasteiger partial charge in [-0.15, -0.1) is 0 Å². The molecule has 0 aliphatic carbocycles. The summed E-state index contributed by atoms with van der Waals surface area (Å²) in [5, 5.41) is 17.5. The zero-order valence-corrected chi connectivity index (χ0v) is 14.0. The molecule has 0 bridgehead atoms. The van der Waals surface area contributed by atoms with Crippen molar-refractivity contribution < 1.29 is 14.4 Å². The molecule has 9 heteroatoms. The van der Waals surface area contributed by atoms with Crippen molar-refractivity contribution in [1.82, 2.24) is 9.97 Å². The lowest BCUT2D eigenvalue weighted by Gasteiger charge is -2.13. The lowest BCUT2D eigenvalue weighted by molar-refractivity contribution is -0.383. The minimum atomic E-state index is -0.479. The maximum absolute atomic E-state index is 11.5. The molecule has 0 fully saturated rings. The second-order valence-electron chi connectivity index (χ2n) is 5.67. The molecule has 0 spiro atoms. The van der Waals surface area contributed by atoms with Gasteiger partial charge in [-0.25, -0.2) is 9.97 Å². The molecule has 1 unspecified atom stereocenters. The average molecular weight is 345 g/mol. The quantitative estimate of drug-likeness (QED) is 0.582. The first kappa shape index (κ1) is 16.7. The van der Waals surface area contributed by atoms with Gasteiger partial charge < -0.3 is 20.1 Å². The van der Waals surface area contributed by atoms with Crippen molar-refractivity contribution in [2.75, 3.05) is 17.4 Å². The van der Waals surface area contributed by atoms with Crippen LogP contribution in [-0.4, -0.2) is 27.7 Å². The van der Waals surface area contributed by atoms with Crippen LogP contribution >= 0.6 is 0 Å². The number of anilines is 2. The van der Waals surface area contributed by atoms with Gasteiger partial charge in [0.15, 0.2) is 11.5 Å². The Balaban J connectivity index is 1.79. The molecule has 25 heavy (non-hydrogen) atoms. The Hall–Kier alpha value is -3.10. The summed E-state index contributed by atoms with van der Waals surface area (Å²) in [6, 6.07) is 5.58. The van der Waals surface area contributed by atoms with Crippen LogP contribution in [0.25, 0.3) is 0 Å². The van der Waals surface area contributed by atoms with E-state index in [1.165, 1.54) is 6.33 Å². The molecule has 2 heterocycles. The summed E-state index contributed by atoms with van der Waals surface area (Å²) < 4.78 is 10.6. The van der Waals surface area contributed by atoms with E-state index in [-0.39, 0.29) is 30.2 Å². The largest absolute Gasteiger partial charge is 0.454 e. The van der Waals surface area contributed by atoms with Crippen LogP contribution in [0.2, 0.25) is 0 Å². The predicted octanol–water partition coefficient (Wildman–Crippen LogP) is 2.94. The first-order valence-electron chi connectivity index (χ1n) is 7.96. The van der Waals surface area contributed by atoms with E-state index in [2.05, 4.69) is 20.6 Å². The maximum atomic E-state index is 11.5. The van der Waals surface area contributed by atoms with Crippen molar-refractivity contribution in [2.45, 2.75) is 32.9 Å². The highest BCUT2D eigenvalue weighted by atomic mass is 16.7. The molecular formula is C16H19N5O4. The van der Waals surface area contributed by atoms with Gasteiger partial charge in [0.2, 0.25) is 18.4 Å². The van der Waals surface area contributed by atoms with Gasteiger partial charge >= 0.3 is 5.69 Å². The predicted molar refractivity (Wildman–Crippen MR) is 92.0 cm³/mol. The third kappa shape index (κ3) is 3.70. The summed E-state index contributed by atoms with van der Waals surface area (Å²) in [6.45, 7) is 4.49. The molecule has 2 N–H and O–H groups in total. The van der Waals surface area contributed by atoms with Gasteiger partial charge in [0.1, 0.15) is 6.33 Å². The van der Waals surface area contributed by atoms with Crippen molar-refractivity contribution in [1.29, 1.82) is 0 Å². The maximum Gasteiger partial charge on any atom is 0.353 e. The molecular weight excluding hydrogens is 326 g/mol. The summed E-state index contributed by atoms with van der Waals surface area (Å²) in [5.41, 5.74) is 0.733. The molecule has 2 aromatic rings. The van der Waals surface area contributed by atoms with Crippen LogP contribution in [0.15, 0.2) is 24.5 Å². The van der Waals surface area contributed by atoms with E-state index in [1.807, 2.05) is 32.0 Å². The number of hydrogen-bond donors (Lipinski definition) is 2. The first-order chi connectivity index (χ1) is 12.1. The summed E-state index contributed by atoms with van der Waals surface area (Å²) in [4.78, 5) is 19.0. The second-order valence-corrected chi connectivity index (χ2v) is 5.67. The summed E-state index contributed by atoms with van der Waals surface area (Å²) >= 11 is 0. The average Bonchev–Trinajstić information content (AvgIpc) is 3.07. The Bertz CT molecular complexity index is 783. The van der Waals surface area contributed by atoms with Crippen LogP contribution in [0.4, 0.5) is 17.3 Å². The van der Waals surface area contributed by atoms with Gasteiger partial charge in [-0.2, -0.15) is 0 Å². The Morgan fingerprint density at radius 1 is 1.28 bits per heavy atom. The number of nitro groups is 1. The van der Waals surface area contributed by atoms with Gasteiger partial charge in [0.05, 0.1) is 4.92 Å². The van der Waals surface area contributed by atoms with Crippen LogP contribution in [0.5, 0.6) is 11.5 Å². The molecule has 1 aromatic heterocycles. The molecule has 132 valence electrons. The third-order valence-electron chi connectivity index (χ3n) is 3.90. The van der Waals surface area contributed by atoms with E-state index < -0.39 is 4.92 Å². The molecule has 0 saturated heterocycles. The van der Waals surface area contributed by atoms with Gasteiger partial charge in [0.25, 0.3) is 0 Å². The van der Waals surface area contributed by atoms with Gasteiger partial charge in [-0.1, -0.05) is 13.0 Å². The van der Waals surface area contributed by atoms with Gasteiger partial charge in [-0.05, 0) is 31.0 Å². The van der Waals surface area contributed by atoms with E-state index in [0.29, 0.717) is 18.0 Å². The zero-order valence-electron chi connectivity index (χ0n) is 14.0. The monoisotopic (exact) mass is 345 g/mol. The van der Waals surface area contributed by atoms with E-state index in [0.717, 1.165) is 12.0 Å².